The molecule has 3 aromatic rings. The second-order valence-electron chi connectivity index (χ2n) is 7.53. The molecule has 3 aromatic carbocycles. The van der Waals surface area contributed by atoms with Crippen LogP contribution in [0.4, 0.5) is 24.5 Å². The summed E-state index contributed by atoms with van der Waals surface area (Å²) in [5, 5.41) is 2.08. The number of alkyl halides is 3. The molecule has 1 N–H and O–H groups in total. The van der Waals surface area contributed by atoms with Crippen LogP contribution < -0.4 is 14.4 Å². The number of amides is 1. The van der Waals surface area contributed by atoms with Gasteiger partial charge >= 0.3 is 6.18 Å². The largest absolute Gasteiger partial charge is 0.495 e. The summed E-state index contributed by atoms with van der Waals surface area (Å²) in [4.78, 5) is 12.6. The SMILES string of the molecule is COc1ccc(C)cc1S(=O)(=O)N(CC(=O)Nc1ccc(Cl)cc1C(F)(F)F)c1cc(Cl)cc(Cl)c1. The molecule has 0 saturated heterocycles. The van der Waals surface area contributed by atoms with E-state index >= 15 is 0 Å². The quantitative estimate of drug-likeness (QED) is 0.332. The smallest absolute Gasteiger partial charge is 0.418 e. The molecule has 0 atom stereocenters. The van der Waals surface area contributed by atoms with Crippen LogP contribution in [0.3, 0.4) is 0 Å². The summed E-state index contributed by atoms with van der Waals surface area (Å²) in [6, 6.07) is 11.1. The molecule has 3 rings (SSSR count). The van der Waals surface area contributed by atoms with Crippen molar-refractivity contribution in [3.8, 4) is 5.75 Å². The fourth-order valence-corrected chi connectivity index (χ4v) is 5.62. The van der Waals surface area contributed by atoms with Gasteiger partial charge in [0.05, 0.1) is 24.0 Å². The molecule has 0 aromatic heterocycles. The van der Waals surface area contributed by atoms with Crippen molar-refractivity contribution in [1.82, 2.24) is 0 Å². The van der Waals surface area contributed by atoms with Crippen molar-refractivity contribution in [2.75, 3.05) is 23.3 Å². The summed E-state index contributed by atoms with van der Waals surface area (Å²) in [6.07, 6.45) is -4.82. The lowest BCUT2D eigenvalue weighted by Crippen LogP contribution is -2.38. The summed E-state index contributed by atoms with van der Waals surface area (Å²) in [6.45, 7) is 0.751. The Labute approximate surface area is 220 Å². The first-order valence-corrected chi connectivity index (χ1v) is 12.6. The highest BCUT2D eigenvalue weighted by Crippen LogP contribution is 2.37. The topological polar surface area (TPSA) is 75.7 Å². The monoisotopic (exact) mass is 580 g/mol. The van der Waals surface area contributed by atoms with Gasteiger partial charge in [0.1, 0.15) is 17.2 Å². The third-order valence-corrected chi connectivity index (χ3v) is 7.34. The van der Waals surface area contributed by atoms with Gasteiger partial charge in [0.2, 0.25) is 5.91 Å². The van der Waals surface area contributed by atoms with Crippen LogP contribution in [0.15, 0.2) is 59.5 Å². The molecular weight excluding hydrogens is 564 g/mol. The van der Waals surface area contributed by atoms with E-state index in [1.165, 1.54) is 37.4 Å². The Morgan fingerprint density at radius 1 is 0.972 bits per heavy atom. The first kappa shape index (κ1) is 27.9. The maximum absolute atomic E-state index is 13.7. The summed E-state index contributed by atoms with van der Waals surface area (Å²) >= 11 is 17.8. The van der Waals surface area contributed by atoms with E-state index in [9.17, 15) is 26.4 Å². The first-order chi connectivity index (χ1) is 16.7. The van der Waals surface area contributed by atoms with Crippen LogP contribution in [-0.4, -0.2) is 28.0 Å². The Bertz CT molecular complexity index is 1400. The molecule has 0 aliphatic rings. The molecule has 0 spiro atoms. The number of anilines is 2. The van der Waals surface area contributed by atoms with E-state index < -0.39 is 39.9 Å². The highest BCUT2D eigenvalue weighted by atomic mass is 35.5. The number of nitrogens with zero attached hydrogens (tertiary/aromatic N) is 1. The van der Waals surface area contributed by atoms with Gasteiger partial charge in [-0.3, -0.25) is 9.10 Å². The molecule has 0 heterocycles. The predicted molar refractivity (Wildman–Crippen MR) is 134 cm³/mol. The fraction of sp³-hybridized carbons (Fsp3) is 0.174. The molecule has 0 fully saturated rings. The lowest BCUT2D eigenvalue weighted by atomic mass is 10.1. The number of ether oxygens (including phenoxy) is 1. The number of benzene rings is 3. The number of carbonyl (C=O) groups excluding carboxylic acids is 1. The van der Waals surface area contributed by atoms with Gasteiger partial charge in [-0.1, -0.05) is 40.9 Å². The highest BCUT2D eigenvalue weighted by molar-refractivity contribution is 7.93. The van der Waals surface area contributed by atoms with Gasteiger partial charge in [0.15, 0.2) is 0 Å². The number of halogens is 6. The Balaban J connectivity index is 2.08. The van der Waals surface area contributed by atoms with Gasteiger partial charge in [-0.25, -0.2) is 8.42 Å². The third kappa shape index (κ3) is 6.36. The van der Waals surface area contributed by atoms with E-state index in [0.29, 0.717) is 15.9 Å². The normalized spacial score (nSPS) is 11.8. The Morgan fingerprint density at radius 2 is 1.61 bits per heavy atom. The minimum absolute atomic E-state index is 0.00353. The summed E-state index contributed by atoms with van der Waals surface area (Å²) in [5.41, 5.74) is -1.28. The van der Waals surface area contributed by atoms with E-state index in [0.717, 1.165) is 12.1 Å². The maximum Gasteiger partial charge on any atom is 0.418 e. The van der Waals surface area contributed by atoms with E-state index in [4.69, 9.17) is 39.5 Å². The van der Waals surface area contributed by atoms with Crippen LogP contribution >= 0.6 is 34.8 Å². The third-order valence-electron chi connectivity index (χ3n) is 4.87. The minimum Gasteiger partial charge on any atom is -0.495 e. The predicted octanol–water partition coefficient (Wildman–Crippen LogP) is 6.82. The Morgan fingerprint density at radius 3 is 2.19 bits per heavy atom. The zero-order valence-electron chi connectivity index (χ0n) is 18.7. The van der Waals surface area contributed by atoms with Crippen molar-refractivity contribution in [2.45, 2.75) is 18.0 Å². The summed E-state index contributed by atoms with van der Waals surface area (Å²) in [5.74, 6) is -1.06. The van der Waals surface area contributed by atoms with Crippen molar-refractivity contribution in [3.05, 3.63) is 80.8 Å². The fourth-order valence-electron chi connectivity index (χ4n) is 3.28. The zero-order chi connectivity index (χ0) is 26.8. The summed E-state index contributed by atoms with van der Waals surface area (Å²) < 4.78 is 73.7. The van der Waals surface area contributed by atoms with Crippen LogP contribution in [0.5, 0.6) is 5.75 Å². The number of methoxy groups -OCH3 is 1. The maximum atomic E-state index is 13.7. The molecule has 6 nitrogen and oxygen atoms in total. The second-order valence-corrected chi connectivity index (χ2v) is 10.7. The number of rotatable bonds is 7. The Hall–Kier alpha value is -2.66. The van der Waals surface area contributed by atoms with Crippen LogP contribution in [0.2, 0.25) is 15.1 Å². The van der Waals surface area contributed by atoms with E-state index in [1.807, 2.05) is 0 Å². The molecule has 0 radical (unpaired) electrons. The van der Waals surface area contributed by atoms with Crippen LogP contribution in [-0.2, 0) is 21.0 Å². The van der Waals surface area contributed by atoms with Gasteiger partial charge in [0, 0.05) is 15.1 Å². The molecule has 192 valence electrons. The Kier molecular flexibility index (Phi) is 8.34. The van der Waals surface area contributed by atoms with Crippen LogP contribution in [0.1, 0.15) is 11.1 Å². The number of carbonyl (C=O) groups is 1. The van der Waals surface area contributed by atoms with Gasteiger partial charge in [-0.05, 0) is 61.0 Å². The van der Waals surface area contributed by atoms with E-state index in [-0.39, 0.29) is 31.4 Å². The van der Waals surface area contributed by atoms with Gasteiger partial charge in [-0.15, -0.1) is 0 Å². The number of aryl methyl sites for hydroxylation is 1. The van der Waals surface area contributed by atoms with Crippen LogP contribution in [0.25, 0.3) is 0 Å². The van der Waals surface area contributed by atoms with Crippen LogP contribution in [0, 0.1) is 6.92 Å². The summed E-state index contributed by atoms with van der Waals surface area (Å²) in [7, 11) is -3.22. The van der Waals surface area contributed by atoms with Crippen molar-refractivity contribution in [3.63, 3.8) is 0 Å². The van der Waals surface area contributed by atoms with Crippen molar-refractivity contribution < 1.29 is 31.1 Å². The zero-order valence-corrected chi connectivity index (χ0v) is 21.7. The van der Waals surface area contributed by atoms with E-state index in [1.54, 1.807) is 13.0 Å². The lowest BCUT2D eigenvalue weighted by Gasteiger charge is -2.26. The molecule has 0 aliphatic carbocycles. The van der Waals surface area contributed by atoms with Crippen molar-refractivity contribution >= 4 is 62.1 Å². The standard InChI is InChI=1S/C23H18Cl3F3N2O4S/c1-13-3-6-20(35-2)21(7-13)36(33,34)31(17-9-15(25)8-16(26)10-17)12-22(32)30-19-5-4-14(24)11-18(19)23(27,28)29/h3-11H,12H2,1-2H3,(H,30,32). The molecule has 0 bridgehead atoms. The van der Waals surface area contributed by atoms with Crippen molar-refractivity contribution in [2.24, 2.45) is 0 Å². The van der Waals surface area contributed by atoms with E-state index in [2.05, 4.69) is 5.32 Å². The number of nitrogens with one attached hydrogen (secondary N) is 1. The average molecular weight is 582 g/mol. The highest BCUT2D eigenvalue weighted by Gasteiger charge is 2.35. The molecule has 1 amide bonds. The number of hydrogen-bond donors (Lipinski definition) is 1. The second kappa shape index (κ2) is 10.8. The average Bonchev–Trinajstić information content (AvgIpc) is 2.77. The number of hydrogen-bond acceptors (Lipinski definition) is 4. The van der Waals surface area contributed by atoms with Gasteiger partial charge < -0.3 is 10.1 Å². The van der Waals surface area contributed by atoms with Gasteiger partial charge in [0.25, 0.3) is 10.0 Å². The van der Waals surface area contributed by atoms with Gasteiger partial charge in [-0.2, -0.15) is 13.2 Å². The molecule has 0 saturated carbocycles. The molecule has 36 heavy (non-hydrogen) atoms. The molecule has 0 unspecified atom stereocenters. The lowest BCUT2D eigenvalue weighted by molar-refractivity contribution is -0.137. The minimum atomic E-state index is -4.82. The first-order valence-electron chi connectivity index (χ1n) is 10.0. The molecule has 0 aliphatic heterocycles. The molecule has 13 heteroatoms. The number of sulfonamides is 1. The van der Waals surface area contributed by atoms with Crippen molar-refractivity contribution in [1.29, 1.82) is 0 Å². The molecular formula is C23H18Cl3F3N2O4S.